The van der Waals surface area contributed by atoms with Gasteiger partial charge >= 0.3 is 0 Å². The lowest BCUT2D eigenvalue weighted by atomic mass is 10.0. The Labute approximate surface area is 191 Å². The fourth-order valence-electron chi connectivity index (χ4n) is 4.04. The fourth-order valence-corrected chi connectivity index (χ4v) is 4.04. The number of benzene rings is 4. The van der Waals surface area contributed by atoms with Crippen molar-refractivity contribution in [2.75, 3.05) is 14.2 Å². The number of fused-ring (bicyclic) bond motifs is 2. The van der Waals surface area contributed by atoms with Crippen molar-refractivity contribution in [1.29, 1.82) is 0 Å². The Morgan fingerprint density at radius 2 is 1.48 bits per heavy atom. The Kier molecular flexibility index (Phi) is 5.37. The van der Waals surface area contributed by atoms with Crippen LogP contribution in [0.5, 0.6) is 11.5 Å². The predicted molar refractivity (Wildman–Crippen MR) is 133 cm³/mol. The molecule has 0 spiro atoms. The van der Waals surface area contributed by atoms with Crippen LogP contribution in [-0.2, 0) is 0 Å². The summed E-state index contributed by atoms with van der Waals surface area (Å²) in [6, 6.07) is 27.1. The number of aromatic nitrogens is 2. The molecule has 0 bridgehead atoms. The van der Waals surface area contributed by atoms with Gasteiger partial charge in [0.05, 0.1) is 30.8 Å². The quantitative estimate of drug-likeness (QED) is 0.355. The molecule has 4 aromatic carbocycles. The van der Waals surface area contributed by atoms with E-state index in [1.54, 1.807) is 37.0 Å². The lowest BCUT2D eigenvalue weighted by molar-refractivity contribution is 0.355. The predicted octanol–water partition coefficient (Wildman–Crippen LogP) is 5.73. The summed E-state index contributed by atoms with van der Waals surface area (Å²) < 4.78 is 12.4. The van der Waals surface area contributed by atoms with Crippen LogP contribution in [0.4, 0.5) is 0 Å². The molecule has 0 amide bonds. The summed E-state index contributed by atoms with van der Waals surface area (Å²) in [5.74, 6) is 1.66. The van der Waals surface area contributed by atoms with Crippen LogP contribution in [-0.4, -0.2) is 23.8 Å². The number of ether oxygens (including phenoxy) is 2. The Morgan fingerprint density at radius 3 is 2.30 bits per heavy atom. The van der Waals surface area contributed by atoms with E-state index in [0.29, 0.717) is 33.9 Å². The normalized spacial score (nSPS) is 11.3. The van der Waals surface area contributed by atoms with Gasteiger partial charge in [-0.1, -0.05) is 60.7 Å². The highest BCUT2D eigenvalue weighted by Gasteiger charge is 2.13. The molecule has 0 fully saturated rings. The van der Waals surface area contributed by atoms with E-state index in [4.69, 9.17) is 14.5 Å². The molecule has 5 aromatic rings. The summed E-state index contributed by atoms with van der Waals surface area (Å²) in [6.07, 6.45) is 3.88. The van der Waals surface area contributed by atoms with Crippen LogP contribution in [0, 0.1) is 0 Å². The molecule has 5 nitrogen and oxygen atoms in total. The van der Waals surface area contributed by atoms with E-state index in [1.165, 1.54) is 0 Å². The summed E-state index contributed by atoms with van der Waals surface area (Å²) in [5.41, 5.74) is 2.20. The fraction of sp³-hybridized carbons (Fsp3) is 0.0714. The molecule has 0 atom stereocenters. The van der Waals surface area contributed by atoms with Gasteiger partial charge in [0, 0.05) is 6.07 Å². The molecule has 1 aromatic heterocycles. The van der Waals surface area contributed by atoms with Crippen molar-refractivity contribution in [2.24, 2.45) is 0 Å². The van der Waals surface area contributed by atoms with E-state index in [-0.39, 0.29) is 5.56 Å². The average molecular weight is 434 g/mol. The van der Waals surface area contributed by atoms with Crippen molar-refractivity contribution in [3.63, 3.8) is 0 Å². The third-order valence-corrected chi connectivity index (χ3v) is 5.66. The third-order valence-electron chi connectivity index (χ3n) is 5.66. The highest BCUT2D eigenvalue weighted by molar-refractivity contribution is 5.92. The molecular weight excluding hydrogens is 412 g/mol. The number of para-hydroxylation sites is 1. The Balaban J connectivity index is 1.73. The molecule has 0 saturated heterocycles. The maximum absolute atomic E-state index is 13.5. The maximum Gasteiger partial charge on any atom is 0.266 e. The molecule has 0 aliphatic rings. The standard InChI is InChI=1S/C28H22N2O3/c1-32-25-16-15-21(18-26(25)33-2)30-27(29-24-13-6-5-12-23(24)28(30)31)17-14-20-10-7-9-19-8-3-4-11-22(19)20/h3-18H,1-2H3. The SMILES string of the molecule is COc1ccc(-n2c(C=Cc3cccc4ccccc34)nc3ccccc3c2=O)cc1OC. The van der Waals surface area contributed by atoms with Gasteiger partial charge in [0.2, 0.25) is 0 Å². The number of rotatable bonds is 5. The summed E-state index contributed by atoms with van der Waals surface area (Å²) in [5, 5.41) is 2.84. The first-order chi connectivity index (χ1) is 16.2. The van der Waals surface area contributed by atoms with E-state index in [1.807, 2.05) is 54.6 Å². The molecule has 0 unspecified atom stereocenters. The second-order valence-electron chi connectivity index (χ2n) is 7.57. The van der Waals surface area contributed by atoms with Gasteiger partial charge in [-0.3, -0.25) is 9.36 Å². The van der Waals surface area contributed by atoms with E-state index < -0.39 is 0 Å². The Morgan fingerprint density at radius 1 is 0.758 bits per heavy atom. The highest BCUT2D eigenvalue weighted by Crippen LogP contribution is 2.29. The Hall–Kier alpha value is -4.38. The molecule has 5 heteroatoms. The van der Waals surface area contributed by atoms with Crippen LogP contribution in [0.15, 0.2) is 89.7 Å². The minimum absolute atomic E-state index is 0.148. The molecule has 162 valence electrons. The van der Waals surface area contributed by atoms with Crippen LogP contribution in [0.1, 0.15) is 11.4 Å². The smallest absolute Gasteiger partial charge is 0.266 e. The largest absolute Gasteiger partial charge is 0.493 e. The van der Waals surface area contributed by atoms with Crippen LogP contribution in [0.25, 0.3) is 39.5 Å². The second kappa shape index (κ2) is 8.63. The Bertz CT molecular complexity index is 1560. The molecule has 33 heavy (non-hydrogen) atoms. The van der Waals surface area contributed by atoms with E-state index in [0.717, 1.165) is 16.3 Å². The first kappa shape index (κ1) is 20.5. The lowest BCUT2D eigenvalue weighted by Gasteiger charge is -2.14. The van der Waals surface area contributed by atoms with E-state index >= 15 is 0 Å². The minimum Gasteiger partial charge on any atom is -0.493 e. The summed E-state index contributed by atoms with van der Waals surface area (Å²) >= 11 is 0. The highest BCUT2D eigenvalue weighted by atomic mass is 16.5. The zero-order chi connectivity index (χ0) is 22.8. The van der Waals surface area contributed by atoms with Crippen molar-refractivity contribution >= 4 is 33.8 Å². The van der Waals surface area contributed by atoms with Gasteiger partial charge in [-0.05, 0) is 46.7 Å². The lowest BCUT2D eigenvalue weighted by Crippen LogP contribution is -2.22. The van der Waals surface area contributed by atoms with Gasteiger partial charge in [-0.15, -0.1) is 0 Å². The van der Waals surface area contributed by atoms with Crippen molar-refractivity contribution < 1.29 is 9.47 Å². The number of methoxy groups -OCH3 is 2. The topological polar surface area (TPSA) is 53.4 Å². The monoisotopic (exact) mass is 434 g/mol. The molecular formula is C28H22N2O3. The van der Waals surface area contributed by atoms with Crippen molar-refractivity contribution in [3.05, 3.63) is 107 Å². The van der Waals surface area contributed by atoms with Crippen LogP contribution < -0.4 is 15.0 Å². The summed E-state index contributed by atoms with van der Waals surface area (Å²) in [4.78, 5) is 18.4. The molecule has 0 aliphatic heterocycles. The summed E-state index contributed by atoms with van der Waals surface area (Å²) in [7, 11) is 3.16. The zero-order valence-corrected chi connectivity index (χ0v) is 18.4. The average Bonchev–Trinajstić information content (AvgIpc) is 2.87. The summed E-state index contributed by atoms with van der Waals surface area (Å²) in [6.45, 7) is 0. The third kappa shape index (κ3) is 3.74. The van der Waals surface area contributed by atoms with Gasteiger partial charge in [0.15, 0.2) is 11.5 Å². The van der Waals surface area contributed by atoms with Crippen LogP contribution >= 0.6 is 0 Å². The first-order valence-electron chi connectivity index (χ1n) is 10.6. The van der Waals surface area contributed by atoms with Gasteiger partial charge < -0.3 is 9.47 Å². The minimum atomic E-state index is -0.148. The molecule has 0 N–H and O–H groups in total. The van der Waals surface area contributed by atoms with Gasteiger partial charge in [-0.25, -0.2) is 4.98 Å². The zero-order valence-electron chi connectivity index (χ0n) is 18.4. The van der Waals surface area contributed by atoms with Crippen LogP contribution in [0.3, 0.4) is 0 Å². The number of hydrogen-bond donors (Lipinski definition) is 0. The van der Waals surface area contributed by atoms with E-state index in [2.05, 4.69) is 24.3 Å². The first-order valence-corrected chi connectivity index (χ1v) is 10.6. The van der Waals surface area contributed by atoms with Crippen molar-refractivity contribution in [2.45, 2.75) is 0 Å². The number of hydrogen-bond acceptors (Lipinski definition) is 4. The van der Waals surface area contributed by atoms with Crippen molar-refractivity contribution in [1.82, 2.24) is 9.55 Å². The van der Waals surface area contributed by atoms with Crippen LogP contribution in [0.2, 0.25) is 0 Å². The van der Waals surface area contributed by atoms with Gasteiger partial charge in [0.1, 0.15) is 5.82 Å². The second-order valence-corrected chi connectivity index (χ2v) is 7.57. The molecule has 0 radical (unpaired) electrons. The number of nitrogens with zero attached hydrogens (tertiary/aromatic N) is 2. The van der Waals surface area contributed by atoms with Gasteiger partial charge in [0.25, 0.3) is 5.56 Å². The molecule has 0 saturated carbocycles. The van der Waals surface area contributed by atoms with Crippen molar-refractivity contribution in [3.8, 4) is 17.2 Å². The molecule has 0 aliphatic carbocycles. The maximum atomic E-state index is 13.5. The molecule has 1 heterocycles. The van der Waals surface area contributed by atoms with E-state index in [9.17, 15) is 4.79 Å². The molecule has 5 rings (SSSR count). The van der Waals surface area contributed by atoms with Gasteiger partial charge in [-0.2, -0.15) is 0 Å².